The van der Waals surface area contributed by atoms with E-state index in [0.29, 0.717) is 12.4 Å². The zero-order valence-electron chi connectivity index (χ0n) is 14.9. The Morgan fingerprint density at radius 3 is 2.11 bits per heavy atom. The van der Waals surface area contributed by atoms with Crippen LogP contribution in [0.25, 0.3) is 32.8 Å². The number of nitrogens with zero attached hydrogens (tertiary/aromatic N) is 1. The van der Waals surface area contributed by atoms with Crippen LogP contribution in [0.2, 0.25) is 0 Å². The van der Waals surface area contributed by atoms with Crippen LogP contribution in [0.1, 0.15) is 5.76 Å². The minimum Gasteiger partial charge on any atom is -0.486 e. The number of ether oxygens (including phenoxy) is 1. The lowest BCUT2D eigenvalue weighted by Gasteiger charge is -2.09. The fourth-order valence-electron chi connectivity index (χ4n) is 3.47. The van der Waals surface area contributed by atoms with Crippen molar-refractivity contribution in [2.24, 2.45) is 0 Å². The number of benzene rings is 4. The van der Waals surface area contributed by atoms with Crippen molar-refractivity contribution in [3.05, 3.63) is 94.3 Å². The van der Waals surface area contributed by atoms with Gasteiger partial charge in [0.25, 0.3) is 0 Å². The summed E-state index contributed by atoms with van der Waals surface area (Å²) >= 11 is 2.28. The molecule has 0 saturated heterocycles. The second kappa shape index (κ2) is 7.28. The van der Waals surface area contributed by atoms with Gasteiger partial charge in [-0.25, -0.2) is 0 Å². The lowest BCUT2D eigenvalue weighted by molar-refractivity contribution is 0.249. The predicted octanol–water partition coefficient (Wildman–Crippen LogP) is 6.83. The lowest BCUT2D eigenvalue weighted by Crippen LogP contribution is -1.93. The van der Waals surface area contributed by atoms with Gasteiger partial charge in [0.15, 0.2) is 5.76 Å². The maximum absolute atomic E-state index is 5.83. The molecule has 1 aromatic heterocycles. The molecule has 0 N–H and O–H groups in total. The van der Waals surface area contributed by atoms with Crippen molar-refractivity contribution >= 4 is 44.1 Å². The average Bonchev–Trinajstić information content (AvgIpc) is 3.20. The summed E-state index contributed by atoms with van der Waals surface area (Å²) in [4.78, 5) is 0. The summed E-state index contributed by atoms with van der Waals surface area (Å²) in [5, 5.41) is 9.07. The van der Waals surface area contributed by atoms with Gasteiger partial charge in [0.05, 0.1) is 0 Å². The number of hydrogen-bond donors (Lipinski definition) is 0. The number of hydrogen-bond acceptors (Lipinski definition) is 3. The van der Waals surface area contributed by atoms with Crippen LogP contribution in [0.5, 0.6) is 5.75 Å². The van der Waals surface area contributed by atoms with Crippen LogP contribution in [0, 0.1) is 3.57 Å². The first kappa shape index (κ1) is 17.3. The molecule has 3 nitrogen and oxygen atoms in total. The quantitative estimate of drug-likeness (QED) is 0.210. The minimum atomic E-state index is 0.344. The van der Waals surface area contributed by atoms with Crippen molar-refractivity contribution in [1.82, 2.24) is 5.16 Å². The Morgan fingerprint density at radius 2 is 1.43 bits per heavy atom. The summed E-state index contributed by atoms with van der Waals surface area (Å²) in [6.45, 7) is 0.344. The SMILES string of the molecule is Ic1ccc(OCc2cc(-c3c4ccccc4cc4ccccc34)no2)cc1. The van der Waals surface area contributed by atoms with Crippen molar-refractivity contribution < 1.29 is 9.26 Å². The highest BCUT2D eigenvalue weighted by molar-refractivity contribution is 14.1. The molecule has 0 fully saturated rings. The molecule has 0 atom stereocenters. The van der Waals surface area contributed by atoms with Crippen LogP contribution in [-0.2, 0) is 6.61 Å². The maximum Gasteiger partial charge on any atom is 0.174 e. The third kappa shape index (κ3) is 3.24. The highest BCUT2D eigenvalue weighted by atomic mass is 127. The van der Waals surface area contributed by atoms with Crippen LogP contribution in [0.15, 0.2) is 89.5 Å². The predicted molar refractivity (Wildman–Crippen MR) is 120 cm³/mol. The molecule has 4 heteroatoms. The van der Waals surface area contributed by atoms with E-state index in [-0.39, 0.29) is 0 Å². The lowest BCUT2D eigenvalue weighted by atomic mass is 9.95. The van der Waals surface area contributed by atoms with Gasteiger partial charge in [-0.3, -0.25) is 0 Å². The first-order chi connectivity index (χ1) is 13.8. The summed E-state index contributed by atoms with van der Waals surface area (Å²) in [6.07, 6.45) is 0. The van der Waals surface area contributed by atoms with Crippen molar-refractivity contribution in [3.8, 4) is 17.0 Å². The normalized spacial score (nSPS) is 11.2. The molecule has 0 amide bonds. The van der Waals surface area contributed by atoms with Crippen molar-refractivity contribution in [2.45, 2.75) is 6.61 Å². The van der Waals surface area contributed by atoms with Gasteiger partial charge in [-0.2, -0.15) is 0 Å². The van der Waals surface area contributed by atoms with Gasteiger partial charge in [-0.05, 0) is 74.5 Å². The highest BCUT2D eigenvalue weighted by Gasteiger charge is 2.14. The van der Waals surface area contributed by atoms with E-state index in [1.165, 1.54) is 25.1 Å². The van der Waals surface area contributed by atoms with Gasteiger partial charge in [-0.1, -0.05) is 53.7 Å². The molecule has 136 valence electrons. The van der Waals surface area contributed by atoms with Crippen LogP contribution in [-0.4, -0.2) is 5.16 Å². The topological polar surface area (TPSA) is 35.3 Å². The van der Waals surface area contributed by atoms with E-state index in [1.807, 2.05) is 30.3 Å². The second-order valence-corrected chi connectivity index (χ2v) is 7.86. The van der Waals surface area contributed by atoms with Gasteiger partial charge in [-0.15, -0.1) is 0 Å². The van der Waals surface area contributed by atoms with E-state index >= 15 is 0 Å². The van der Waals surface area contributed by atoms with Gasteiger partial charge < -0.3 is 9.26 Å². The Hall–Kier alpha value is -2.86. The Bertz CT molecular complexity index is 1220. The van der Waals surface area contributed by atoms with Crippen LogP contribution < -0.4 is 4.74 Å². The summed E-state index contributed by atoms with van der Waals surface area (Å²) < 4.78 is 12.6. The van der Waals surface area contributed by atoms with Gasteiger partial charge in [0.1, 0.15) is 18.1 Å². The number of aromatic nitrogens is 1. The number of halogens is 1. The second-order valence-electron chi connectivity index (χ2n) is 6.61. The molecule has 1 heterocycles. The van der Waals surface area contributed by atoms with Crippen molar-refractivity contribution in [2.75, 3.05) is 0 Å². The van der Waals surface area contributed by atoms with E-state index < -0.39 is 0 Å². The Labute approximate surface area is 176 Å². The third-order valence-corrected chi connectivity index (χ3v) is 5.50. The van der Waals surface area contributed by atoms with Crippen molar-refractivity contribution in [3.63, 3.8) is 0 Å². The molecule has 0 radical (unpaired) electrons. The first-order valence-electron chi connectivity index (χ1n) is 9.03. The standard InChI is InChI=1S/C24H16INO2/c25-18-9-11-19(12-10-18)27-15-20-14-23(26-28-20)24-21-7-3-1-5-16(21)13-17-6-2-4-8-22(17)24/h1-14H,15H2. The average molecular weight is 477 g/mol. The molecule has 0 aliphatic heterocycles. The van der Waals surface area contributed by atoms with E-state index in [1.54, 1.807) is 0 Å². The molecule has 5 rings (SSSR count). The van der Waals surface area contributed by atoms with Gasteiger partial charge in [0, 0.05) is 15.2 Å². The fraction of sp³-hybridized carbons (Fsp3) is 0.0417. The number of fused-ring (bicyclic) bond motifs is 2. The van der Waals surface area contributed by atoms with E-state index in [0.717, 1.165) is 17.0 Å². The Morgan fingerprint density at radius 1 is 0.786 bits per heavy atom. The Balaban J connectivity index is 1.54. The van der Waals surface area contributed by atoms with Crippen LogP contribution >= 0.6 is 22.6 Å². The molecule has 28 heavy (non-hydrogen) atoms. The zero-order chi connectivity index (χ0) is 18.9. The summed E-state index contributed by atoms with van der Waals surface area (Å²) in [7, 11) is 0. The molecule has 0 aliphatic rings. The molecular formula is C24H16INO2. The highest BCUT2D eigenvalue weighted by Crippen LogP contribution is 2.36. The van der Waals surface area contributed by atoms with Gasteiger partial charge in [0.2, 0.25) is 0 Å². The molecule has 0 unspecified atom stereocenters. The largest absolute Gasteiger partial charge is 0.486 e. The molecular weight excluding hydrogens is 461 g/mol. The van der Waals surface area contributed by atoms with E-state index in [4.69, 9.17) is 9.26 Å². The maximum atomic E-state index is 5.83. The molecule has 5 aromatic rings. The molecule has 0 saturated carbocycles. The molecule has 4 aromatic carbocycles. The first-order valence-corrected chi connectivity index (χ1v) is 10.1. The zero-order valence-corrected chi connectivity index (χ0v) is 17.1. The van der Waals surface area contributed by atoms with E-state index in [9.17, 15) is 0 Å². The third-order valence-electron chi connectivity index (χ3n) is 4.78. The van der Waals surface area contributed by atoms with Gasteiger partial charge >= 0.3 is 0 Å². The smallest absolute Gasteiger partial charge is 0.174 e. The summed E-state index contributed by atoms with van der Waals surface area (Å²) in [6, 6.07) is 28.9. The monoisotopic (exact) mass is 477 g/mol. The summed E-state index contributed by atoms with van der Waals surface area (Å²) in [5.41, 5.74) is 1.92. The van der Waals surface area contributed by atoms with Crippen LogP contribution in [0.3, 0.4) is 0 Å². The number of rotatable bonds is 4. The van der Waals surface area contributed by atoms with Crippen LogP contribution in [0.4, 0.5) is 0 Å². The molecule has 0 aliphatic carbocycles. The van der Waals surface area contributed by atoms with Crippen molar-refractivity contribution in [1.29, 1.82) is 0 Å². The molecule has 0 bridgehead atoms. The fourth-order valence-corrected chi connectivity index (χ4v) is 3.83. The Kier molecular flexibility index (Phi) is 4.49. The van der Waals surface area contributed by atoms with E-state index in [2.05, 4.69) is 82.3 Å². The minimum absolute atomic E-state index is 0.344. The molecule has 0 spiro atoms. The summed E-state index contributed by atoms with van der Waals surface area (Å²) in [5.74, 6) is 1.51.